The fourth-order valence-corrected chi connectivity index (χ4v) is 1.80. The third-order valence-corrected chi connectivity index (χ3v) is 2.69. The highest BCUT2D eigenvalue weighted by atomic mass is 79.9. The largest absolute Gasteiger partial charge is 0.496 e. The number of methoxy groups -OCH3 is 2. The van der Waals surface area contributed by atoms with Crippen molar-refractivity contribution in [1.29, 1.82) is 0 Å². The van der Waals surface area contributed by atoms with Gasteiger partial charge in [0.15, 0.2) is 0 Å². The summed E-state index contributed by atoms with van der Waals surface area (Å²) >= 11 is 3.43. The zero-order valence-corrected chi connectivity index (χ0v) is 10.5. The van der Waals surface area contributed by atoms with E-state index in [2.05, 4.69) is 25.9 Å². The van der Waals surface area contributed by atoms with E-state index in [-0.39, 0.29) is 0 Å². The summed E-state index contributed by atoms with van der Waals surface area (Å²) in [5.74, 6) is 0.787. The minimum atomic E-state index is 0.483. The summed E-state index contributed by atoms with van der Waals surface area (Å²) in [4.78, 5) is 7.11. The predicted octanol–water partition coefficient (Wildman–Crippen LogP) is 2.86. The molecule has 0 spiro atoms. The molecule has 0 radical (unpaired) electrons. The van der Waals surface area contributed by atoms with Gasteiger partial charge in [-0.3, -0.25) is 0 Å². The Morgan fingerprint density at radius 3 is 2.69 bits per heavy atom. The highest BCUT2D eigenvalue weighted by Crippen LogP contribution is 2.32. The zero-order chi connectivity index (χ0) is 11.5. The molecule has 0 saturated heterocycles. The molecule has 84 valence electrons. The molecule has 0 atom stereocenters. The minimum absolute atomic E-state index is 0.483. The molecule has 0 bridgehead atoms. The third kappa shape index (κ3) is 2.04. The molecule has 0 aliphatic rings. The van der Waals surface area contributed by atoms with Crippen LogP contribution in [0.25, 0.3) is 11.3 Å². The minimum Gasteiger partial charge on any atom is -0.496 e. The van der Waals surface area contributed by atoms with Crippen molar-refractivity contribution in [2.45, 2.75) is 0 Å². The molecule has 2 rings (SSSR count). The Balaban J connectivity index is 2.49. The molecule has 0 unspecified atom stereocenters. The molecule has 5 heteroatoms. The summed E-state index contributed by atoms with van der Waals surface area (Å²) in [5, 5.41) is 0. The number of ether oxygens (including phenoxy) is 2. The van der Waals surface area contributed by atoms with Crippen LogP contribution in [0, 0.1) is 0 Å². The van der Waals surface area contributed by atoms with E-state index in [1.807, 2.05) is 18.2 Å². The smallest absolute Gasteiger partial charge is 0.293 e. The molecule has 0 saturated carbocycles. The molecule has 1 aromatic carbocycles. The first kappa shape index (κ1) is 11.0. The van der Waals surface area contributed by atoms with Gasteiger partial charge in [0.1, 0.15) is 5.75 Å². The zero-order valence-electron chi connectivity index (χ0n) is 8.95. The van der Waals surface area contributed by atoms with Crippen LogP contribution in [0.5, 0.6) is 11.8 Å². The van der Waals surface area contributed by atoms with Crippen LogP contribution in [-0.2, 0) is 0 Å². The summed E-state index contributed by atoms with van der Waals surface area (Å²) < 4.78 is 11.3. The molecular formula is C11H11BrN2O2. The summed E-state index contributed by atoms with van der Waals surface area (Å²) in [5.41, 5.74) is 1.79. The van der Waals surface area contributed by atoms with Crippen molar-refractivity contribution < 1.29 is 9.47 Å². The van der Waals surface area contributed by atoms with Gasteiger partial charge in [0.05, 0.1) is 26.1 Å². The fraction of sp³-hybridized carbons (Fsp3) is 0.182. The van der Waals surface area contributed by atoms with Gasteiger partial charge in [0, 0.05) is 10.0 Å². The Bertz CT molecular complexity index is 496. The lowest BCUT2D eigenvalue weighted by molar-refractivity contribution is 0.384. The number of H-pyrrole nitrogens is 1. The second-order valence-corrected chi connectivity index (χ2v) is 4.07. The summed E-state index contributed by atoms with van der Waals surface area (Å²) in [6, 6.07) is 6.27. The van der Waals surface area contributed by atoms with Crippen LogP contribution in [0.15, 0.2) is 28.9 Å². The topological polar surface area (TPSA) is 47.1 Å². The van der Waals surface area contributed by atoms with Crippen LogP contribution in [0.4, 0.5) is 0 Å². The highest BCUT2D eigenvalue weighted by Gasteiger charge is 2.09. The van der Waals surface area contributed by atoms with Gasteiger partial charge in [-0.05, 0) is 18.2 Å². The monoisotopic (exact) mass is 282 g/mol. The van der Waals surface area contributed by atoms with Crippen LogP contribution in [0.2, 0.25) is 0 Å². The molecule has 0 amide bonds. The van der Waals surface area contributed by atoms with E-state index in [0.717, 1.165) is 21.5 Å². The SMILES string of the molecule is COc1ncc(-c2cc(Br)ccc2OC)[nH]1. The van der Waals surface area contributed by atoms with Gasteiger partial charge in [-0.25, -0.2) is 4.98 Å². The number of aromatic amines is 1. The van der Waals surface area contributed by atoms with Crippen molar-refractivity contribution in [3.8, 4) is 23.0 Å². The van der Waals surface area contributed by atoms with Crippen molar-refractivity contribution in [3.63, 3.8) is 0 Å². The van der Waals surface area contributed by atoms with E-state index in [9.17, 15) is 0 Å². The van der Waals surface area contributed by atoms with Gasteiger partial charge < -0.3 is 14.5 Å². The quantitative estimate of drug-likeness (QED) is 0.942. The van der Waals surface area contributed by atoms with Crippen molar-refractivity contribution in [2.75, 3.05) is 14.2 Å². The molecule has 2 aromatic rings. The van der Waals surface area contributed by atoms with Crippen molar-refractivity contribution in [1.82, 2.24) is 9.97 Å². The lowest BCUT2D eigenvalue weighted by Crippen LogP contribution is -1.88. The molecule has 0 aliphatic carbocycles. The number of rotatable bonds is 3. The maximum Gasteiger partial charge on any atom is 0.293 e. The molecule has 1 heterocycles. The van der Waals surface area contributed by atoms with Gasteiger partial charge in [-0.2, -0.15) is 0 Å². The second-order valence-electron chi connectivity index (χ2n) is 3.15. The van der Waals surface area contributed by atoms with Crippen LogP contribution in [-0.4, -0.2) is 24.2 Å². The van der Waals surface area contributed by atoms with E-state index in [4.69, 9.17) is 9.47 Å². The molecule has 1 N–H and O–H groups in total. The molecule has 0 aliphatic heterocycles. The Morgan fingerprint density at radius 1 is 1.25 bits per heavy atom. The van der Waals surface area contributed by atoms with E-state index < -0.39 is 0 Å². The number of hydrogen-bond donors (Lipinski definition) is 1. The summed E-state index contributed by atoms with van der Waals surface area (Å²) in [6.07, 6.45) is 1.71. The average Bonchev–Trinajstić information content (AvgIpc) is 2.77. The van der Waals surface area contributed by atoms with Crippen LogP contribution >= 0.6 is 15.9 Å². The standard InChI is InChI=1S/C11H11BrN2O2/c1-15-10-4-3-7(12)5-8(10)9-6-13-11(14-9)16-2/h3-6H,1-2H3,(H,13,14). The molecule has 0 fully saturated rings. The third-order valence-electron chi connectivity index (χ3n) is 2.20. The Hall–Kier alpha value is -1.49. The number of nitrogens with one attached hydrogen (secondary N) is 1. The van der Waals surface area contributed by atoms with Gasteiger partial charge in [0.2, 0.25) is 0 Å². The van der Waals surface area contributed by atoms with Gasteiger partial charge >= 0.3 is 0 Å². The van der Waals surface area contributed by atoms with E-state index >= 15 is 0 Å². The lowest BCUT2D eigenvalue weighted by Gasteiger charge is -2.06. The highest BCUT2D eigenvalue weighted by molar-refractivity contribution is 9.10. The molecule has 4 nitrogen and oxygen atoms in total. The molecule has 16 heavy (non-hydrogen) atoms. The average molecular weight is 283 g/mol. The van der Waals surface area contributed by atoms with Crippen molar-refractivity contribution in [3.05, 3.63) is 28.9 Å². The first-order chi connectivity index (χ1) is 7.74. The Labute approximate surface area is 102 Å². The lowest BCUT2D eigenvalue weighted by atomic mass is 10.1. The van der Waals surface area contributed by atoms with Crippen LogP contribution in [0.1, 0.15) is 0 Å². The van der Waals surface area contributed by atoms with Gasteiger partial charge in [-0.15, -0.1) is 0 Å². The fourth-order valence-electron chi connectivity index (χ4n) is 1.43. The first-order valence-electron chi connectivity index (χ1n) is 4.67. The molecular weight excluding hydrogens is 272 g/mol. The van der Waals surface area contributed by atoms with Crippen molar-refractivity contribution >= 4 is 15.9 Å². The Kier molecular flexibility index (Phi) is 3.14. The number of hydrogen-bond acceptors (Lipinski definition) is 3. The van der Waals surface area contributed by atoms with E-state index in [1.54, 1.807) is 20.4 Å². The normalized spacial score (nSPS) is 10.2. The number of nitrogens with zero attached hydrogens (tertiary/aromatic N) is 1. The predicted molar refractivity (Wildman–Crippen MR) is 64.8 cm³/mol. The van der Waals surface area contributed by atoms with Gasteiger partial charge in [0.25, 0.3) is 6.01 Å². The van der Waals surface area contributed by atoms with E-state index in [0.29, 0.717) is 6.01 Å². The Morgan fingerprint density at radius 2 is 2.06 bits per heavy atom. The van der Waals surface area contributed by atoms with Gasteiger partial charge in [-0.1, -0.05) is 15.9 Å². The number of aromatic nitrogens is 2. The first-order valence-corrected chi connectivity index (χ1v) is 5.47. The number of imidazole rings is 1. The summed E-state index contributed by atoms with van der Waals surface area (Å²) in [6.45, 7) is 0. The maximum atomic E-state index is 5.29. The maximum absolute atomic E-state index is 5.29. The van der Waals surface area contributed by atoms with E-state index in [1.165, 1.54) is 0 Å². The molecule has 1 aromatic heterocycles. The number of halogens is 1. The van der Waals surface area contributed by atoms with Crippen LogP contribution < -0.4 is 9.47 Å². The van der Waals surface area contributed by atoms with Crippen LogP contribution in [0.3, 0.4) is 0 Å². The van der Waals surface area contributed by atoms with Crippen molar-refractivity contribution in [2.24, 2.45) is 0 Å². The summed E-state index contributed by atoms with van der Waals surface area (Å²) in [7, 11) is 3.21. The number of benzene rings is 1. The second kappa shape index (κ2) is 4.57.